The van der Waals surface area contributed by atoms with Gasteiger partial charge >= 0.3 is 5.97 Å². The molecule has 0 aromatic carbocycles. The fraction of sp³-hybridized carbons (Fsp3) is 0.600. The number of allylic oxidation sites excluding steroid dienone is 2. The monoisotopic (exact) mass is 184 g/mol. The zero-order chi connectivity index (χ0) is 10.3. The van der Waals surface area contributed by atoms with Gasteiger partial charge in [0.2, 0.25) is 0 Å². The molecule has 0 aliphatic carbocycles. The van der Waals surface area contributed by atoms with Gasteiger partial charge in [0, 0.05) is 6.42 Å². The van der Waals surface area contributed by atoms with Crippen molar-refractivity contribution in [2.75, 3.05) is 7.11 Å². The number of carbonyl (C=O) groups is 2. The lowest BCUT2D eigenvalue weighted by Gasteiger charge is -2.12. The van der Waals surface area contributed by atoms with E-state index in [1.54, 1.807) is 0 Å². The first-order valence-corrected chi connectivity index (χ1v) is 4.29. The normalized spacial score (nSPS) is 13.6. The Kier molecular flexibility index (Phi) is 5.85. The molecule has 0 aliphatic rings. The van der Waals surface area contributed by atoms with Crippen LogP contribution in [0.3, 0.4) is 0 Å². The number of carbonyl (C=O) groups excluding carboxylic acids is 2. The summed E-state index contributed by atoms with van der Waals surface area (Å²) in [4.78, 5) is 21.3. The number of hydrogen-bond donors (Lipinski definition) is 0. The van der Waals surface area contributed by atoms with Gasteiger partial charge in [-0.25, -0.2) is 0 Å². The molecule has 3 heteroatoms. The van der Waals surface area contributed by atoms with E-state index in [1.807, 2.05) is 19.9 Å². The first kappa shape index (κ1) is 11.9. The Morgan fingerprint density at radius 3 is 2.54 bits per heavy atom. The highest BCUT2D eigenvalue weighted by molar-refractivity contribution is 5.70. The topological polar surface area (TPSA) is 43.4 Å². The second kappa shape index (κ2) is 6.40. The van der Waals surface area contributed by atoms with E-state index in [2.05, 4.69) is 4.74 Å². The van der Waals surface area contributed by atoms with Crippen molar-refractivity contribution in [1.82, 2.24) is 0 Å². The lowest BCUT2D eigenvalue weighted by molar-refractivity contribution is -0.141. The predicted octanol–water partition coefficient (Wildman–Crippen LogP) is 1.72. The van der Waals surface area contributed by atoms with Crippen molar-refractivity contribution in [2.24, 2.45) is 5.92 Å². The van der Waals surface area contributed by atoms with E-state index in [9.17, 15) is 9.59 Å². The molecule has 13 heavy (non-hydrogen) atoms. The van der Waals surface area contributed by atoms with E-state index in [-0.39, 0.29) is 18.3 Å². The molecule has 0 aromatic rings. The number of ether oxygens (including phenoxy) is 1. The molecule has 3 nitrogen and oxygen atoms in total. The summed E-state index contributed by atoms with van der Waals surface area (Å²) in [6.07, 6.45) is 3.41. The summed E-state index contributed by atoms with van der Waals surface area (Å²) in [5.74, 6) is -0.275. The molecule has 74 valence electrons. The van der Waals surface area contributed by atoms with Gasteiger partial charge in [-0.05, 0) is 19.8 Å². The van der Waals surface area contributed by atoms with Crippen molar-refractivity contribution in [2.45, 2.75) is 26.7 Å². The van der Waals surface area contributed by atoms with Gasteiger partial charge in [0.05, 0.1) is 13.5 Å². The second-order valence-corrected chi connectivity index (χ2v) is 2.91. The molecule has 0 N–H and O–H groups in total. The Morgan fingerprint density at radius 2 is 2.15 bits per heavy atom. The molecule has 0 amide bonds. The Labute approximate surface area is 78.8 Å². The highest BCUT2D eigenvalue weighted by Crippen LogP contribution is 2.18. The van der Waals surface area contributed by atoms with Crippen LogP contribution in [0.25, 0.3) is 0 Å². The van der Waals surface area contributed by atoms with Crippen molar-refractivity contribution in [3.05, 3.63) is 11.6 Å². The van der Waals surface area contributed by atoms with E-state index in [1.165, 1.54) is 7.11 Å². The summed E-state index contributed by atoms with van der Waals surface area (Å²) in [5.41, 5.74) is 1.05. The first-order chi connectivity index (χ1) is 6.15. The minimum Gasteiger partial charge on any atom is -0.469 e. The summed E-state index contributed by atoms with van der Waals surface area (Å²) in [6, 6.07) is 0. The Bertz CT molecular complexity index is 206. The highest BCUT2D eigenvalue weighted by Gasteiger charge is 2.14. The maximum absolute atomic E-state index is 11.0. The van der Waals surface area contributed by atoms with Gasteiger partial charge in [-0.2, -0.15) is 0 Å². The predicted molar refractivity (Wildman–Crippen MR) is 50.2 cm³/mol. The molecule has 0 rings (SSSR count). The van der Waals surface area contributed by atoms with Crippen LogP contribution >= 0.6 is 0 Å². The van der Waals surface area contributed by atoms with E-state index in [0.717, 1.165) is 11.9 Å². The Morgan fingerprint density at radius 1 is 1.54 bits per heavy atom. The average Bonchev–Trinajstić information content (AvgIpc) is 2.15. The van der Waals surface area contributed by atoms with Gasteiger partial charge in [0.1, 0.15) is 6.29 Å². The van der Waals surface area contributed by atoms with Crippen LogP contribution in [0.5, 0.6) is 0 Å². The number of aldehydes is 1. The molecule has 0 radical (unpaired) electrons. The van der Waals surface area contributed by atoms with Crippen molar-refractivity contribution in [3.63, 3.8) is 0 Å². The van der Waals surface area contributed by atoms with Crippen LogP contribution in [0.4, 0.5) is 0 Å². The lowest BCUT2D eigenvalue weighted by Crippen LogP contribution is -2.11. The first-order valence-electron chi connectivity index (χ1n) is 4.29. The largest absolute Gasteiger partial charge is 0.469 e. The Hall–Kier alpha value is -1.12. The molecule has 0 bridgehead atoms. The molecule has 1 atom stereocenters. The van der Waals surface area contributed by atoms with E-state index in [4.69, 9.17) is 0 Å². The third-order valence-corrected chi connectivity index (χ3v) is 2.12. The maximum atomic E-state index is 11.0. The van der Waals surface area contributed by atoms with Gasteiger partial charge < -0.3 is 9.53 Å². The third kappa shape index (κ3) is 4.45. The maximum Gasteiger partial charge on any atom is 0.306 e. The van der Waals surface area contributed by atoms with Gasteiger partial charge in [-0.15, -0.1) is 0 Å². The number of methoxy groups -OCH3 is 1. The summed E-state index contributed by atoms with van der Waals surface area (Å²) >= 11 is 0. The Balaban J connectivity index is 4.25. The van der Waals surface area contributed by atoms with Crippen LogP contribution < -0.4 is 0 Å². The molecule has 0 saturated heterocycles. The van der Waals surface area contributed by atoms with Gasteiger partial charge in [0.25, 0.3) is 0 Å². The summed E-state index contributed by atoms with van der Waals surface area (Å²) in [5, 5.41) is 0. The molecule has 0 aromatic heterocycles. The number of hydrogen-bond acceptors (Lipinski definition) is 3. The minimum absolute atomic E-state index is 0.00468. The molecule has 0 heterocycles. The molecular weight excluding hydrogens is 168 g/mol. The van der Waals surface area contributed by atoms with Crippen LogP contribution in [0.1, 0.15) is 26.7 Å². The number of esters is 1. The zero-order valence-corrected chi connectivity index (χ0v) is 8.37. The summed E-state index contributed by atoms with van der Waals surface area (Å²) in [7, 11) is 1.35. The second-order valence-electron chi connectivity index (χ2n) is 2.91. The summed E-state index contributed by atoms with van der Waals surface area (Å²) < 4.78 is 4.54. The molecule has 0 saturated carbocycles. The standard InChI is InChI=1S/C10H16O3/c1-4-8(2)9(5-6-11)7-10(12)13-3/h4,6,9H,5,7H2,1-3H3/b8-4-/t9-/m0/s1. The quantitative estimate of drug-likeness (QED) is 0.371. The number of rotatable bonds is 5. The van der Waals surface area contributed by atoms with Crippen molar-refractivity contribution < 1.29 is 14.3 Å². The molecule has 0 unspecified atom stereocenters. The third-order valence-electron chi connectivity index (χ3n) is 2.12. The summed E-state index contributed by atoms with van der Waals surface area (Å²) in [6.45, 7) is 3.81. The average molecular weight is 184 g/mol. The highest BCUT2D eigenvalue weighted by atomic mass is 16.5. The van der Waals surface area contributed by atoms with Crippen molar-refractivity contribution >= 4 is 12.3 Å². The van der Waals surface area contributed by atoms with Gasteiger partial charge in [0.15, 0.2) is 0 Å². The van der Waals surface area contributed by atoms with Crippen LogP contribution in [0, 0.1) is 5.92 Å². The smallest absolute Gasteiger partial charge is 0.306 e. The van der Waals surface area contributed by atoms with Gasteiger partial charge in [-0.3, -0.25) is 4.79 Å². The minimum atomic E-state index is -0.270. The fourth-order valence-electron chi connectivity index (χ4n) is 1.07. The van der Waals surface area contributed by atoms with E-state index >= 15 is 0 Å². The zero-order valence-electron chi connectivity index (χ0n) is 8.37. The van der Waals surface area contributed by atoms with Crippen LogP contribution in [-0.2, 0) is 14.3 Å². The van der Waals surface area contributed by atoms with Crippen LogP contribution in [0.2, 0.25) is 0 Å². The SMILES string of the molecule is C/C=C(/C)[C@@H](CC=O)CC(=O)OC. The lowest BCUT2D eigenvalue weighted by atomic mass is 9.94. The van der Waals surface area contributed by atoms with Crippen molar-refractivity contribution in [1.29, 1.82) is 0 Å². The van der Waals surface area contributed by atoms with Gasteiger partial charge in [-0.1, -0.05) is 11.6 Å². The molecule has 0 fully saturated rings. The van der Waals surface area contributed by atoms with E-state index < -0.39 is 0 Å². The molecule has 0 spiro atoms. The fourth-order valence-corrected chi connectivity index (χ4v) is 1.07. The molecular formula is C10H16O3. The van der Waals surface area contributed by atoms with E-state index in [0.29, 0.717) is 6.42 Å². The van der Waals surface area contributed by atoms with Crippen LogP contribution in [0.15, 0.2) is 11.6 Å². The molecule has 0 aliphatic heterocycles. The van der Waals surface area contributed by atoms with Crippen LogP contribution in [-0.4, -0.2) is 19.4 Å². The van der Waals surface area contributed by atoms with Crippen molar-refractivity contribution in [3.8, 4) is 0 Å².